The lowest BCUT2D eigenvalue weighted by Gasteiger charge is -2.17. The predicted molar refractivity (Wildman–Crippen MR) is 97.2 cm³/mol. The molecule has 0 radical (unpaired) electrons. The van der Waals surface area contributed by atoms with Gasteiger partial charge < -0.3 is 14.8 Å². The molecule has 0 aliphatic carbocycles. The van der Waals surface area contributed by atoms with Crippen LogP contribution in [0.3, 0.4) is 0 Å². The summed E-state index contributed by atoms with van der Waals surface area (Å²) in [6.07, 6.45) is -1.03. The van der Waals surface area contributed by atoms with Gasteiger partial charge >= 0.3 is 12.6 Å². The van der Waals surface area contributed by atoms with Gasteiger partial charge in [0.25, 0.3) is 5.91 Å². The second-order valence-corrected chi connectivity index (χ2v) is 6.21. The lowest BCUT2D eigenvalue weighted by Crippen LogP contribution is -2.30. The van der Waals surface area contributed by atoms with Crippen molar-refractivity contribution in [2.24, 2.45) is 0 Å². The maximum Gasteiger partial charge on any atom is 0.387 e. The van der Waals surface area contributed by atoms with Gasteiger partial charge in [0.1, 0.15) is 5.75 Å². The Morgan fingerprint density at radius 1 is 1.00 bits per heavy atom. The maximum atomic E-state index is 12.4. The van der Waals surface area contributed by atoms with Crippen LogP contribution in [0.1, 0.15) is 34.0 Å². The Morgan fingerprint density at radius 2 is 1.56 bits per heavy atom. The van der Waals surface area contributed by atoms with Crippen molar-refractivity contribution >= 4 is 17.6 Å². The average molecular weight is 377 g/mol. The fraction of sp³-hybridized carbons (Fsp3) is 0.300. The molecule has 0 fully saturated rings. The third-order valence-corrected chi connectivity index (χ3v) is 3.89. The number of rotatable bonds is 6. The Balaban J connectivity index is 2.00. The molecule has 0 spiro atoms. The van der Waals surface area contributed by atoms with Crippen LogP contribution in [0.15, 0.2) is 36.4 Å². The van der Waals surface area contributed by atoms with Crippen molar-refractivity contribution in [1.29, 1.82) is 0 Å². The summed E-state index contributed by atoms with van der Waals surface area (Å²) in [6.45, 7) is 4.25. The molecule has 0 aliphatic rings. The molecule has 144 valence electrons. The molecule has 1 N–H and O–H groups in total. The largest absolute Gasteiger partial charge is 0.449 e. The van der Waals surface area contributed by atoms with Crippen LogP contribution in [0.25, 0.3) is 0 Å². The Labute approximate surface area is 156 Å². The zero-order valence-corrected chi connectivity index (χ0v) is 15.5. The van der Waals surface area contributed by atoms with Crippen molar-refractivity contribution in [3.05, 3.63) is 58.7 Å². The molecule has 5 nitrogen and oxygen atoms in total. The van der Waals surface area contributed by atoms with Crippen LogP contribution >= 0.6 is 0 Å². The second-order valence-electron chi connectivity index (χ2n) is 6.21. The van der Waals surface area contributed by atoms with Crippen LogP contribution in [0.4, 0.5) is 14.5 Å². The van der Waals surface area contributed by atoms with Gasteiger partial charge in [0.15, 0.2) is 6.10 Å². The van der Waals surface area contributed by atoms with Gasteiger partial charge in [-0.1, -0.05) is 17.7 Å². The van der Waals surface area contributed by atoms with Crippen LogP contribution in [0, 0.1) is 20.8 Å². The van der Waals surface area contributed by atoms with E-state index in [1.54, 1.807) is 0 Å². The Kier molecular flexibility index (Phi) is 6.50. The molecule has 0 unspecified atom stereocenters. The monoisotopic (exact) mass is 377 g/mol. The zero-order chi connectivity index (χ0) is 20.1. The third-order valence-electron chi connectivity index (χ3n) is 3.89. The number of carbonyl (C=O) groups excluding carboxylic acids is 2. The molecule has 0 aliphatic heterocycles. The predicted octanol–water partition coefficient (Wildman–Crippen LogP) is 4.40. The molecule has 2 aromatic carbocycles. The van der Waals surface area contributed by atoms with E-state index in [9.17, 15) is 18.4 Å². The van der Waals surface area contributed by atoms with Gasteiger partial charge in [0.2, 0.25) is 0 Å². The first-order chi connectivity index (χ1) is 12.7. The van der Waals surface area contributed by atoms with E-state index in [2.05, 4.69) is 10.1 Å². The van der Waals surface area contributed by atoms with E-state index in [0.717, 1.165) is 16.7 Å². The highest BCUT2D eigenvalue weighted by Gasteiger charge is 2.20. The Morgan fingerprint density at radius 3 is 2.07 bits per heavy atom. The lowest BCUT2D eigenvalue weighted by atomic mass is 10.0. The minimum absolute atomic E-state index is 0.0716. The van der Waals surface area contributed by atoms with Crippen LogP contribution in [-0.2, 0) is 9.53 Å². The summed E-state index contributed by atoms with van der Waals surface area (Å²) in [5.74, 6) is -1.27. The molecule has 2 rings (SSSR count). The van der Waals surface area contributed by atoms with Gasteiger partial charge in [0.05, 0.1) is 5.56 Å². The molecule has 0 heterocycles. The van der Waals surface area contributed by atoms with Gasteiger partial charge in [-0.15, -0.1) is 0 Å². The summed E-state index contributed by atoms with van der Waals surface area (Å²) >= 11 is 0. The number of anilines is 1. The summed E-state index contributed by atoms with van der Waals surface area (Å²) < 4.78 is 33.7. The molecular weight excluding hydrogens is 356 g/mol. The number of carbonyl (C=O) groups is 2. The number of ether oxygens (including phenoxy) is 2. The van der Waals surface area contributed by atoms with Crippen molar-refractivity contribution in [2.75, 3.05) is 5.32 Å². The second kappa shape index (κ2) is 8.62. The lowest BCUT2D eigenvalue weighted by molar-refractivity contribution is -0.123. The third kappa shape index (κ3) is 5.51. The number of nitrogens with one attached hydrogen (secondary N) is 1. The van der Waals surface area contributed by atoms with Gasteiger partial charge in [0, 0.05) is 5.69 Å². The molecular formula is C20H21F2NO4. The highest BCUT2D eigenvalue weighted by molar-refractivity contribution is 5.98. The smallest absolute Gasteiger partial charge is 0.387 e. The number of alkyl halides is 2. The number of aryl methyl sites for hydroxylation is 3. The number of esters is 1. The first-order valence-corrected chi connectivity index (χ1v) is 8.32. The van der Waals surface area contributed by atoms with E-state index < -0.39 is 24.6 Å². The van der Waals surface area contributed by atoms with Gasteiger partial charge in [-0.25, -0.2) is 4.79 Å². The van der Waals surface area contributed by atoms with Crippen molar-refractivity contribution < 1.29 is 27.8 Å². The number of benzene rings is 2. The minimum atomic E-state index is -2.94. The summed E-state index contributed by atoms with van der Waals surface area (Å²) in [5, 5.41) is 2.77. The van der Waals surface area contributed by atoms with Crippen molar-refractivity contribution in [3.8, 4) is 5.75 Å². The highest BCUT2D eigenvalue weighted by atomic mass is 19.3. The SMILES string of the molecule is Cc1cc(C)c(NC(=O)[C@H](C)OC(=O)c2ccc(OC(F)F)cc2)c(C)c1. The summed E-state index contributed by atoms with van der Waals surface area (Å²) in [5.41, 5.74) is 3.71. The van der Waals surface area contributed by atoms with Crippen LogP contribution < -0.4 is 10.1 Å². The molecule has 1 atom stereocenters. The van der Waals surface area contributed by atoms with E-state index in [4.69, 9.17) is 4.74 Å². The van der Waals surface area contributed by atoms with Crippen LogP contribution in [-0.4, -0.2) is 24.6 Å². The average Bonchev–Trinajstić information content (AvgIpc) is 2.57. The number of amides is 1. The van der Waals surface area contributed by atoms with Gasteiger partial charge in [-0.2, -0.15) is 8.78 Å². The fourth-order valence-electron chi connectivity index (χ4n) is 2.66. The van der Waals surface area contributed by atoms with E-state index in [0.29, 0.717) is 5.69 Å². The van der Waals surface area contributed by atoms with Gasteiger partial charge in [-0.05, 0) is 63.1 Å². The molecule has 0 saturated heterocycles. The number of halogens is 2. The van der Waals surface area contributed by atoms with Gasteiger partial charge in [-0.3, -0.25) is 4.79 Å². The summed E-state index contributed by atoms with van der Waals surface area (Å²) in [4.78, 5) is 24.5. The van der Waals surface area contributed by atoms with Crippen molar-refractivity contribution in [2.45, 2.75) is 40.4 Å². The van der Waals surface area contributed by atoms with E-state index >= 15 is 0 Å². The molecule has 1 amide bonds. The topological polar surface area (TPSA) is 64.6 Å². The highest BCUT2D eigenvalue weighted by Crippen LogP contribution is 2.22. The van der Waals surface area contributed by atoms with Crippen LogP contribution in [0.2, 0.25) is 0 Å². The fourth-order valence-corrected chi connectivity index (χ4v) is 2.66. The molecule has 0 bridgehead atoms. The van der Waals surface area contributed by atoms with Crippen LogP contribution in [0.5, 0.6) is 5.75 Å². The van der Waals surface area contributed by atoms with E-state index in [-0.39, 0.29) is 11.3 Å². The molecule has 0 saturated carbocycles. The summed E-state index contributed by atoms with van der Waals surface area (Å²) in [6, 6.07) is 8.93. The van der Waals surface area contributed by atoms with E-state index in [1.807, 2.05) is 32.9 Å². The Hall–Kier alpha value is -2.96. The molecule has 0 aromatic heterocycles. The summed E-state index contributed by atoms with van der Waals surface area (Å²) in [7, 11) is 0. The molecule has 27 heavy (non-hydrogen) atoms. The Bertz CT molecular complexity index is 811. The normalized spacial score (nSPS) is 11.8. The number of hydrogen-bond donors (Lipinski definition) is 1. The zero-order valence-electron chi connectivity index (χ0n) is 15.5. The van der Waals surface area contributed by atoms with Crippen molar-refractivity contribution in [1.82, 2.24) is 0 Å². The number of hydrogen-bond acceptors (Lipinski definition) is 4. The minimum Gasteiger partial charge on any atom is -0.449 e. The maximum absolute atomic E-state index is 12.4. The first-order valence-electron chi connectivity index (χ1n) is 8.32. The molecule has 2 aromatic rings. The quantitative estimate of drug-likeness (QED) is 0.758. The molecule has 7 heteroatoms. The van der Waals surface area contributed by atoms with E-state index in [1.165, 1.54) is 31.2 Å². The van der Waals surface area contributed by atoms with Crippen molar-refractivity contribution in [3.63, 3.8) is 0 Å². The standard InChI is InChI=1S/C20H21F2NO4/c1-11-9-12(2)17(13(3)10-11)23-18(24)14(4)26-19(25)15-5-7-16(8-6-15)27-20(21)22/h5-10,14,20H,1-4H3,(H,23,24)/t14-/m0/s1. The first kappa shape index (κ1) is 20.4.